The summed E-state index contributed by atoms with van der Waals surface area (Å²) < 4.78 is 27.4. The van der Waals surface area contributed by atoms with E-state index in [-0.39, 0.29) is 18.0 Å². The van der Waals surface area contributed by atoms with Crippen LogP contribution in [0.15, 0.2) is 54.6 Å². The van der Waals surface area contributed by atoms with Crippen LogP contribution in [-0.2, 0) is 17.7 Å². The maximum atomic E-state index is 13.5. The molecule has 186 valence electrons. The molecule has 8 heteroatoms. The van der Waals surface area contributed by atoms with Gasteiger partial charge in [0.1, 0.15) is 11.6 Å². The molecule has 1 unspecified atom stereocenters. The highest BCUT2D eigenvalue weighted by Gasteiger charge is 2.27. The summed E-state index contributed by atoms with van der Waals surface area (Å²) in [4.78, 5) is 14.9. The summed E-state index contributed by atoms with van der Waals surface area (Å²) in [5.74, 6) is 0.674. The number of ether oxygens (including phenoxy) is 2. The summed E-state index contributed by atoms with van der Waals surface area (Å²) in [7, 11) is 0. The lowest BCUT2D eigenvalue weighted by atomic mass is 10.1. The lowest BCUT2D eigenvalue weighted by molar-refractivity contribution is 0.0793. The lowest BCUT2D eigenvalue weighted by Crippen LogP contribution is -2.43. The average Bonchev–Trinajstić information content (AvgIpc) is 3.52. The van der Waals surface area contributed by atoms with Crippen LogP contribution in [0.2, 0.25) is 0 Å². The Bertz CT molecular complexity index is 1100. The van der Waals surface area contributed by atoms with Gasteiger partial charge in [-0.1, -0.05) is 32.0 Å². The van der Waals surface area contributed by atoms with E-state index in [1.54, 1.807) is 21.7 Å². The Hall–Kier alpha value is -3.39. The molecule has 0 bridgehead atoms. The minimum Gasteiger partial charge on any atom is -0.439 e. The second-order valence-corrected chi connectivity index (χ2v) is 8.63. The first-order valence-electron chi connectivity index (χ1n) is 12.3. The van der Waals surface area contributed by atoms with Crippen molar-refractivity contribution in [3.63, 3.8) is 0 Å². The number of amides is 2. The Morgan fingerprint density at radius 1 is 1.20 bits per heavy atom. The summed E-state index contributed by atoms with van der Waals surface area (Å²) in [6, 6.07) is 15.5. The molecule has 3 aromatic rings. The molecule has 1 aromatic heterocycles. The highest BCUT2D eigenvalue weighted by Crippen LogP contribution is 2.32. The van der Waals surface area contributed by atoms with Crippen LogP contribution in [-0.4, -0.2) is 46.5 Å². The second kappa shape index (κ2) is 11.8. The van der Waals surface area contributed by atoms with E-state index in [9.17, 15) is 9.18 Å². The van der Waals surface area contributed by atoms with Crippen LogP contribution in [0.5, 0.6) is 11.6 Å². The first kappa shape index (κ1) is 24.7. The van der Waals surface area contributed by atoms with Crippen molar-refractivity contribution in [3.8, 4) is 17.3 Å². The van der Waals surface area contributed by atoms with Gasteiger partial charge < -0.3 is 19.7 Å². The van der Waals surface area contributed by atoms with Gasteiger partial charge in [-0.05, 0) is 62.1 Å². The molecule has 35 heavy (non-hydrogen) atoms. The van der Waals surface area contributed by atoms with E-state index < -0.39 is 0 Å². The van der Waals surface area contributed by atoms with Crippen LogP contribution in [0, 0.1) is 5.82 Å². The fourth-order valence-electron chi connectivity index (χ4n) is 4.17. The van der Waals surface area contributed by atoms with Gasteiger partial charge in [-0.2, -0.15) is 5.10 Å². The normalized spacial score (nSPS) is 15.2. The fraction of sp³-hybridized carbons (Fsp3) is 0.407. The molecule has 0 radical (unpaired) electrons. The molecular weight excluding hydrogens is 447 g/mol. The van der Waals surface area contributed by atoms with Gasteiger partial charge in [0.2, 0.25) is 5.88 Å². The number of para-hydroxylation sites is 1. The third-order valence-corrected chi connectivity index (χ3v) is 5.99. The molecule has 4 rings (SSSR count). The van der Waals surface area contributed by atoms with Crippen LogP contribution in [0.4, 0.5) is 9.18 Å². The van der Waals surface area contributed by atoms with Gasteiger partial charge in [0.15, 0.2) is 0 Å². The number of hydrogen-bond donors (Lipinski definition) is 1. The van der Waals surface area contributed by atoms with E-state index >= 15 is 0 Å². The minimum atomic E-state index is -0.335. The number of rotatable bonds is 10. The molecule has 0 saturated carbocycles. The zero-order valence-corrected chi connectivity index (χ0v) is 20.4. The molecule has 7 nitrogen and oxygen atoms in total. The summed E-state index contributed by atoms with van der Waals surface area (Å²) in [5.41, 5.74) is 2.50. The SMILES string of the molecule is CCCNC(=O)N(Cc1c(CC)nn(-c2ccccc2)c1Oc1ccc(F)cc1)CC1CCCO1. The van der Waals surface area contributed by atoms with E-state index in [0.29, 0.717) is 37.7 Å². The standard InChI is InChI=1S/C27H33FN4O3/c1-3-16-29-27(33)31(18-23-11-8-17-34-23)19-24-25(4-2)30-32(21-9-6-5-7-10-21)26(24)35-22-14-12-20(28)13-15-22/h5-7,9-10,12-15,23H,3-4,8,11,16-19H2,1-2H3,(H,29,33). The van der Waals surface area contributed by atoms with E-state index in [1.165, 1.54) is 12.1 Å². The van der Waals surface area contributed by atoms with Crippen LogP contribution in [0.3, 0.4) is 0 Å². The molecule has 1 fully saturated rings. The summed E-state index contributed by atoms with van der Waals surface area (Å²) in [6.45, 7) is 6.19. The Balaban J connectivity index is 1.73. The Kier molecular flexibility index (Phi) is 8.36. The molecule has 0 aliphatic carbocycles. The van der Waals surface area contributed by atoms with Crippen molar-refractivity contribution in [3.05, 3.63) is 71.7 Å². The van der Waals surface area contributed by atoms with Crippen molar-refractivity contribution in [2.75, 3.05) is 19.7 Å². The number of halogens is 1. The maximum absolute atomic E-state index is 13.5. The first-order chi connectivity index (χ1) is 17.1. The van der Waals surface area contributed by atoms with Gasteiger partial charge in [0.05, 0.1) is 29.6 Å². The van der Waals surface area contributed by atoms with Crippen LogP contribution >= 0.6 is 0 Å². The molecule has 2 heterocycles. The zero-order valence-electron chi connectivity index (χ0n) is 20.4. The van der Waals surface area contributed by atoms with E-state index in [4.69, 9.17) is 14.6 Å². The number of aromatic nitrogens is 2. The molecule has 1 saturated heterocycles. The molecule has 1 N–H and O–H groups in total. The molecule has 1 atom stereocenters. The largest absolute Gasteiger partial charge is 0.439 e. The van der Waals surface area contributed by atoms with Gasteiger partial charge in [-0.25, -0.2) is 13.9 Å². The van der Waals surface area contributed by atoms with Crippen molar-refractivity contribution < 1.29 is 18.7 Å². The van der Waals surface area contributed by atoms with Crippen molar-refractivity contribution in [1.29, 1.82) is 0 Å². The molecule has 1 aliphatic heterocycles. The Morgan fingerprint density at radius 2 is 1.97 bits per heavy atom. The van der Waals surface area contributed by atoms with Crippen LogP contribution in [0.1, 0.15) is 44.4 Å². The van der Waals surface area contributed by atoms with Crippen LogP contribution < -0.4 is 10.1 Å². The highest BCUT2D eigenvalue weighted by molar-refractivity contribution is 5.74. The number of aryl methyl sites for hydroxylation is 1. The molecule has 2 amide bonds. The predicted octanol–water partition coefficient (Wildman–Crippen LogP) is 5.47. The number of hydrogen-bond acceptors (Lipinski definition) is 4. The lowest BCUT2D eigenvalue weighted by Gasteiger charge is -2.26. The van der Waals surface area contributed by atoms with Gasteiger partial charge in [0.25, 0.3) is 0 Å². The van der Waals surface area contributed by atoms with E-state index in [1.807, 2.05) is 44.2 Å². The van der Waals surface area contributed by atoms with Crippen molar-refractivity contribution in [1.82, 2.24) is 20.0 Å². The summed E-state index contributed by atoms with van der Waals surface area (Å²) >= 11 is 0. The number of nitrogens with one attached hydrogen (secondary N) is 1. The number of urea groups is 1. The highest BCUT2D eigenvalue weighted by atomic mass is 19.1. The molecule has 1 aliphatic rings. The fourth-order valence-corrected chi connectivity index (χ4v) is 4.17. The van der Waals surface area contributed by atoms with Crippen molar-refractivity contribution in [2.45, 2.75) is 52.2 Å². The maximum Gasteiger partial charge on any atom is 0.317 e. The predicted molar refractivity (Wildman–Crippen MR) is 132 cm³/mol. The topological polar surface area (TPSA) is 68.6 Å². The quantitative estimate of drug-likeness (QED) is 0.418. The smallest absolute Gasteiger partial charge is 0.317 e. The minimum absolute atomic E-state index is 0.0121. The monoisotopic (exact) mass is 480 g/mol. The van der Waals surface area contributed by atoms with Gasteiger partial charge in [-0.3, -0.25) is 0 Å². The number of nitrogens with zero attached hydrogens (tertiary/aromatic N) is 3. The first-order valence-corrected chi connectivity index (χ1v) is 12.3. The third kappa shape index (κ3) is 6.19. The van der Waals surface area contributed by atoms with Gasteiger partial charge in [0, 0.05) is 19.7 Å². The van der Waals surface area contributed by atoms with Crippen molar-refractivity contribution in [2.24, 2.45) is 0 Å². The van der Waals surface area contributed by atoms with E-state index in [2.05, 4.69) is 5.32 Å². The van der Waals surface area contributed by atoms with E-state index in [0.717, 1.165) is 42.8 Å². The average molecular weight is 481 g/mol. The molecule has 2 aromatic carbocycles. The zero-order chi connectivity index (χ0) is 24.6. The number of benzene rings is 2. The Morgan fingerprint density at radius 3 is 2.63 bits per heavy atom. The Labute approximate surface area is 205 Å². The van der Waals surface area contributed by atoms with Crippen LogP contribution in [0.25, 0.3) is 5.69 Å². The third-order valence-electron chi connectivity index (χ3n) is 5.99. The van der Waals surface area contributed by atoms with Crippen molar-refractivity contribution >= 4 is 6.03 Å². The number of carbonyl (C=O) groups excluding carboxylic acids is 1. The summed E-state index contributed by atoms with van der Waals surface area (Å²) in [6.07, 6.45) is 3.46. The van der Waals surface area contributed by atoms with Gasteiger partial charge in [-0.15, -0.1) is 0 Å². The molecular formula is C27H33FN4O3. The second-order valence-electron chi connectivity index (χ2n) is 8.63. The summed E-state index contributed by atoms with van der Waals surface area (Å²) in [5, 5.41) is 7.85. The number of carbonyl (C=O) groups is 1. The molecule has 0 spiro atoms. The van der Waals surface area contributed by atoms with Gasteiger partial charge >= 0.3 is 6.03 Å².